The van der Waals surface area contributed by atoms with Gasteiger partial charge in [0.2, 0.25) is 5.91 Å². The number of halogens is 1. The zero-order valence-corrected chi connectivity index (χ0v) is 13.0. The summed E-state index contributed by atoms with van der Waals surface area (Å²) in [5.41, 5.74) is 8.81. The third-order valence-electron chi connectivity index (χ3n) is 4.89. The molecule has 0 bridgehead atoms. The second-order valence-corrected chi connectivity index (χ2v) is 6.13. The van der Waals surface area contributed by atoms with Gasteiger partial charge in [-0.15, -0.1) is 12.4 Å². The molecule has 110 valence electrons. The van der Waals surface area contributed by atoms with E-state index in [1.807, 2.05) is 11.0 Å². The van der Waals surface area contributed by atoms with E-state index in [1.54, 1.807) is 0 Å². The van der Waals surface area contributed by atoms with Crippen molar-refractivity contribution in [1.29, 1.82) is 0 Å². The molecule has 2 unspecified atom stereocenters. The van der Waals surface area contributed by atoms with Crippen LogP contribution < -0.4 is 10.6 Å². The minimum Gasteiger partial charge on any atom is -0.320 e. The molecule has 1 heterocycles. The highest BCUT2D eigenvalue weighted by molar-refractivity contribution is 6.00. The number of fused-ring (bicyclic) bond motifs is 2. The average Bonchev–Trinajstić information content (AvgIpc) is 3.15. The van der Waals surface area contributed by atoms with Crippen molar-refractivity contribution in [3.63, 3.8) is 0 Å². The Morgan fingerprint density at radius 2 is 2.05 bits per heavy atom. The minimum absolute atomic E-state index is 0. The van der Waals surface area contributed by atoms with Gasteiger partial charge in [0, 0.05) is 17.6 Å². The highest BCUT2D eigenvalue weighted by Crippen LogP contribution is 2.56. The first kappa shape index (κ1) is 15.3. The van der Waals surface area contributed by atoms with Crippen molar-refractivity contribution in [3.8, 4) is 0 Å². The largest absolute Gasteiger partial charge is 0.320 e. The van der Waals surface area contributed by atoms with Crippen molar-refractivity contribution >= 4 is 24.0 Å². The van der Waals surface area contributed by atoms with Gasteiger partial charge in [-0.1, -0.05) is 38.5 Å². The van der Waals surface area contributed by atoms with Crippen LogP contribution in [0.5, 0.6) is 0 Å². The van der Waals surface area contributed by atoms with Gasteiger partial charge in [0.05, 0.1) is 6.04 Å². The SMILES string of the molecule is CCC(C)C(N)C(=O)N1CC2(CC2)c2ccccc21.Cl. The van der Waals surface area contributed by atoms with Crippen molar-refractivity contribution in [2.45, 2.75) is 44.6 Å². The molecule has 1 aromatic rings. The number of rotatable bonds is 3. The molecule has 3 rings (SSSR count). The maximum atomic E-state index is 12.6. The van der Waals surface area contributed by atoms with E-state index in [1.165, 1.54) is 18.4 Å². The summed E-state index contributed by atoms with van der Waals surface area (Å²) < 4.78 is 0. The summed E-state index contributed by atoms with van der Waals surface area (Å²) >= 11 is 0. The van der Waals surface area contributed by atoms with Gasteiger partial charge in [0.15, 0.2) is 0 Å². The topological polar surface area (TPSA) is 46.3 Å². The van der Waals surface area contributed by atoms with Crippen LogP contribution in [0.4, 0.5) is 5.69 Å². The number of carbonyl (C=O) groups is 1. The van der Waals surface area contributed by atoms with Crippen LogP contribution >= 0.6 is 12.4 Å². The summed E-state index contributed by atoms with van der Waals surface area (Å²) in [6, 6.07) is 7.93. The molecule has 1 aliphatic heterocycles. The smallest absolute Gasteiger partial charge is 0.244 e. The molecule has 0 aromatic heterocycles. The second kappa shape index (κ2) is 5.38. The van der Waals surface area contributed by atoms with Gasteiger partial charge in [0.25, 0.3) is 0 Å². The van der Waals surface area contributed by atoms with Crippen LogP contribution in [-0.4, -0.2) is 18.5 Å². The van der Waals surface area contributed by atoms with Crippen LogP contribution in [-0.2, 0) is 10.2 Å². The first-order valence-corrected chi connectivity index (χ1v) is 7.25. The molecule has 3 nitrogen and oxygen atoms in total. The Morgan fingerprint density at radius 1 is 1.40 bits per heavy atom. The number of para-hydroxylation sites is 1. The number of anilines is 1. The van der Waals surface area contributed by atoms with E-state index in [4.69, 9.17) is 5.73 Å². The van der Waals surface area contributed by atoms with Crippen molar-refractivity contribution in [2.24, 2.45) is 11.7 Å². The third kappa shape index (κ3) is 2.23. The van der Waals surface area contributed by atoms with Gasteiger partial charge in [-0.05, 0) is 30.4 Å². The lowest BCUT2D eigenvalue weighted by atomic mass is 9.99. The standard InChI is InChI=1S/C16H22N2O.ClH/c1-3-11(2)14(17)15(19)18-10-16(8-9-16)12-6-4-5-7-13(12)18;/h4-7,11,14H,3,8-10,17H2,1-2H3;1H. The summed E-state index contributed by atoms with van der Waals surface area (Å²) in [5, 5.41) is 0. The lowest BCUT2D eigenvalue weighted by Gasteiger charge is -2.25. The van der Waals surface area contributed by atoms with E-state index in [2.05, 4.69) is 32.0 Å². The first-order chi connectivity index (χ1) is 9.09. The number of carbonyl (C=O) groups excluding carboxylic acids is 1. The zero-order chi connectivity index (χ0) is 13.6. The van der Waals surface area contributed by atoms with Gasteiger partial charge in [0.1, 0.15) is 0 Å². The molecular weight excluding hydrogens is 272 g/mol. The molecule has 0 radical (unpaired) electrons. The van der Waals surface area contributed by atoms with E-state index in [-0.39, 0.29) is 35.7 Å². The first-order valence-electron chi connectivity index (χ1n) is 7.25. The Labute approximate surface area is 126 Å². The van der Waals surface area contributed by atoms with E-state index >= 15 is 0 Å². The summed E-state index contributed by atoms with van der Waals surface area (Å²) in [4.78, 5) is 14.6. The van der Waals surface area contributed by atoms with E-state index in [0.717, 1.165) is 18.7 Å². The zero-order valence-electron chi connectivity index (χ0n) is 12.1. The molecular formula is C16H23ClN2O. The minimum atomic E-state index is -0.382. The lowest BCUT2D eigenvalue weighted by Crippen LogP contribution is -2.47. The number of benzene rings is 1. The highest BCUT2D eigenvalue weighted by atomic mass is 35.5. The molecule has 0 saturated heterocycles. The summed E-state index contributed by atoms with van der Waals surface area (Å²) in [6.45, 7) is 4.96. The fourth-order valence-electron chi connectivity index (χ4n) is 3.08. The van der Waals surface area contributed by atoms with Crippen molar-refractivity contribution in [3.05, 3.63) is 29.8 Å². The molecule has 1 spiro atoms. The number of hydrogen-bond acceptors (Lipinski definition) is 2. The van der Waals surface area contributed by atoms with E-state index in [0.29, 0.717) is 0 Å². The van der Waals surface area contributed by atoms with Crippen LogP contribution in [0.1, 0.15) is 38.7 Å². The van der Waals surface area contributed by atoms with Gasteiger partial charge in [-0.25, -0.2) is 0 Å². The number of hydrogen-bond donors (Lipinski definition) is 1. The van der Waals surface area contributed by atoms with Gasteiger partial charge in [-0.3, -0.25) is 4.79 Å². The predicted octanol–water partition coefficient (Wildman–Crippen LogP) is 2.86. The van der Waals surface area contributed by atoms with Crippen LogP contribution in [0.2, 0.25) is 0 Å². The van der Waals surface area contributed by atoms with Gasteiger partial charge < -0.3 is 10.6 Å². The van der Waals surface area contributed by atoms with Crippen LogP contribution in [0, 0.1) is 5.92 Å². The van der Waals surface area contributed by atoms with Crippen molar-refractivity contribution < 1.29 is 4.79 Å². The Balaban J connectivity index is 0.00000147. The fourth-order valence-corrected chi connectivity index (χ4v) is 3.08. The molecule has 1 saturated carbocycles. The number of amides is 1. The van der Waals surface area contributed by atoms with Gasteiger partial charge >= 0.3 is 0 Å². The van der Waals surface area contributed by atoms with Crippen LogP contribution in [0.3, 0.4) is 0 Å². The molecule has 2 N–H and O–H groups in total. The van der Waals surface area contributed by atoms with Crippen LogP contribution in [0.15, 0.2) is 24.3 Å². The van der Waals surface area contributed by atoms with Crippen molar-refractivity contribution in [2.75, 3.05) is 11.4 Å². The lowest BCUT2D eigenvalue weighted by molar-refractivity contribution is -0.120. The normalized spacial score (nSPS) is 21.1. The molecule has 20 heavy (non-hydrogen) atoms. The molecule has 4 heteroatoms. The number of nitrogens with two attached hydrogens (primary N) is 1. The molecule has 1 aliphatic carbocycles. The maximum absolute atomic E-state index is 12.6. The molecule has 1 fully saturated rings. The highest BCUT2D eigenvalue weighted by Gasteiger charge is 2.53. The molecule has 2 aliphatic rings. The monoisotopic (exact) mass is 294 g/mol. The molecule has 1 amide bonds. The third-order valence-corrected chi connectivity index (χ3v) is 4.89. The quantitative estimate of drug-likeness (QED) is 0.932. The summed E-state index contributed by atoms with van der Waals surface area (Å²) in [6.07, 6.45) is 3.34. The van der Waals surface area contributed by atoms with Crippen LogP contribution in [0.25, 0.3) is 0 Å². The van der Waals surface area contributed by atoms with Gasteiger partial charge in [-0.2, -0.15) is 0 Å². The number of nitrogens with zero attached hydrogens (tertiary/aromatic N) is 1. The van der Waals surface area contributed by atoms with Crippen molar-refractivity contribution in [1.82, 2.24) is 0 Å². The summed E-state index contributed by atoms with van der Waals surface area (Å²) in [5.74, 6) is 0.320. The molecule has 2 atom stereocenters. The van der Waals surface area contributed by atoms with E-state index in [9.17, 15) is 4.79 Å². The Kier molecular flexibility index (Phi) is 4.12. The average molecular weight is 295 g/mol. The predicted molar refractivity (Wildman–Crippen MR) is 84.4 cm³/mol. The maximum Gasteiger partial charge on any atom is 0.244 e. The Bertz CT molecular complexity index is 513. The Hall–Kier alpha value is -1.06. The Morgan fingerprint density at radius 3 is 2.65 bits per heavy atom. The molecule has 1 aromatic carbocycles. The van der Waals surface area contributed by atoms with E-state index < -0.39 is 0 Å². The summed E-state index contributed by atoms with van der Waals surface area (Å²) in [7, 11) is 0. The second-order valence-electron chi connectivity index (χ2n) is 6.13. The fraction of sp³-hybridized carbons (Fsp3) is 0.562.